The summed E-state index contributed by atoms with van der Waals surface area (Å²) in [5, 5.41) is 10.7. The molecule has 20 heavy (non-hydrogen) atoms. The average Bonchev–Trinajstić information content (AvgIpc) is 2.86. The number of aromatic nitrogens is 1. The second kappa shape index (κ2) is 4.37. The van der Waals surface area contributed by atoms with Gasteiger partial charge in [-0.25, -0.2) is 0 Å². The molecule has 0 saturated heterocycles. The van der Waals surface area contributed by atoms with Crippen LogP contribution in [0.3, 0.4) is 0 Å². The number of rotatable bonds is 2. The number of carboxylic acid groups (broad SMARTS) is 1. The smallest absolute Gasteiger partial charge is 0.313 e. The lowest BCUT2D eigenvalue weighted by Crippen LogP contribution is -2.43. The summed E-state index contributed by atoms with van der Waals surface area (Å²) in [6.07, 6.45) is 7.58. The van der Waals surface area contributed by atoms with E-state index in [1.165, 1.54) is 0 Å². The molecule has 0 spiro atoms. The van der Waals surface area contributed by atoms with Crippen LogP contribution in [0.4, 0.5) is 0 Å². The molecule has 2 aromatic rings. The van der Waals surface area contributed by atoms with Crippen LogP contribution < -0.4 is 0 Å². The van der Waals surface area contributed by atoms with Crippen LogP contribution in [-0.2, 0) is 10.3 Å². The number of aliphatic carboxylic acids is 1. The summed E-state index contributed by atoms with van der Waals surface area (Å²) in [6, 6.07) is 10.1. The molecule has 1 aromatic heterocycles. The molecule has 0 bridgehead atoms. The van der Waals surface area contributed by atoms with Crippen molar-refractivity contribution in [3.63, 3.8) is 0 Å². The van der Waals surface area contributed by atoms with Gasteiger partial charge in [-0.05, 0) is 36.9 Å². The molecule has 0 amide bonds. The Hall–Kier alpha value is -2.29. The lowest BCUT2D eigenvalue weighted by Gasteiger charge is -2.39. The number of benzene rings is 1. The first-order chi connectivity index (χ1) is 9.55. The molecule has 0 aliphatic heterocycles. The predicted molar refractivity (Wildman–Crippen MR) is 79.6 cm³/mol. The highest BCUT2D eigenvalue weighted by Crippen LogP contribution is 2.40. The number of para-hydroxylation sites is 1. The molecule has 1 aliphatic carbocycles. The summed E-state index contributed by atoms with van der Waals surface area (Å²) in [5.74, 6) is -1.36. The van der Waals surface area contributed by atoms with Crippen LogP contribution in [0.2, 0.25) is 0 Å². The standard InChI is InChI=1S/C17H17NO2/c1-12-6-5-8-14(16(19)20)17(12,2)18-11-10-13-7-3-4-9-15(13)18/h3-11,14H,1-2H3,(H,19,20). The Morgan fingerprint density at radius 3 is 2.80 bits per heavy atom. The van der Waals surface area contributed by atoms with Crippen LogP contribution in [0.1, 0.15) is 13.8 Å². The maximum atomic E-state index is 11.7. The molecule has 0 fully saturated rings. The van der Waals surface area contributed by atoms with E-state index >= 15 is 0 Å². The Morgan fingerprint density at radius 1 is 1.30 bits per heavy atom. The maximum absolute atomic E-state index is 11.7. The Kier molecular flexibility index (Phi) is 2.78. The zero-order valence-corrected chi connectivity index (χ0v) is 11.6. The quantitative estimate of drug-likeness (QED) is 0.903. The highest BCUT2D eigenvalue weighted by molar-refractivity contribution is 5.82. The first kappa shape index (κ1) is 12.7. The number of allylic oxidation sites excluding steroid dienone is 3. The lowest BCUT2D eigenvalue weighted by molar-refractivity contribution is -0.142. The van der Waals surface area contributed by atoms with Gasteiger partial charge in [-0.2, -0.15) is 0 Å². The van der Waals surface area contributed by atoms with Gasteiger partial charge in [0, 0.05) is 11.7 Å². The summed E-state index contributed by atoms with van der Waals surface area (Å²) in [7, 11) is 0. The fourth-order valence-corrected chi connectivity index (χ4v) is 3.06. The summed E-state index contributed by atoms with van der Waals surface area (Å²) < 4.78 is 2.08. The second-order valence-electron chi connectivity index (χ2n) is 5.44. The molecule has 1 heterocycles. The van der Waals surface area contributed by atoms with Gasteiger partial charge in [0.25, 0.3) is 0 Å². The number of hydrogen-bond acceptors (Lipinski definition) is 1. The highest BCUT2D eigenvalue weighted by Gasteiger charge is 2.42. The molecular formula is C17H17NO2. The van der Waals surface area contributed by atoms with Crippen LogP contribution in [0, 0.1) is 5.92 Å². The molecule has 1 N–H and O–H groups in total. The lowest BCUT2D eigenvalue weighted by atomic mass is 9.76. The Labute approximate surface area is 117 Å². The number of fused-ring (bicyclic) bond motifs is 1. The number of carboxylic acids is 1. The molecule has 1 aliphatic rings. The van der Waals surface area contributed by atoms with E-state index in [1.807, 2.05) is 62.5 Å². The minimum Gasteiger partial charge on any atom is -0.481 e. The van der Waals surface area contributed by atoms with Gasteiger partial charge in [0.1, 0.15) is 5.92 Å². The van der Waals surface area contributed by atoms with Gasteiger partial charge in [-0.3, -0.25) is 4.79 Å². The van der Waals surface area contributed by atoms with Crippen molar-refractivity contribution in [3.8, 4) is 0 Å². The summed E-state index contributed by atoms with van der Waals surface area (Å²) >= 11 is 0. The minimum absolute atomic E-state index is 0.566. The van der Waals surface area contributed by atoms with Crippen LogP contribution in [0.5, 0.6) is 0 Å². The summed E-state index contributed by atoms with van der Waals surface area (Å²) in [6.45, 7) is 3.99. The first-order valence-corrected chi connectivity index (χ1v) is 6.70. The Bertz CT molecular complexity index is 738. The topological polar surface area (TPSA) is 42.2 Å². The van der Waals surface area contributed by atoms with Crippen molar-refractivity contribution >= 4 is 16.9 Å². The Morgan fingerprint density at radius 2 is 2.05 bits per heavy atom. The SMILES string of the molecule is CC1=CC=CC(C(=O)O)C1(C)n1ccc2ccccc21. The molecule has 3 rings (SSSR count). The zero-order chi connectivity index (χ0) is 14.3. The van der Waals surface area contributed by atoms with Crippen molar-refractivity contribution in [3.05, 3.63) is 60.3 Å². The molecule has 0 saturated carbocycles. The third-order valence-corrected chi connectivity index (χ3v) is 4.42. The summed E-state index contributed by atoms with van der Waals surface area (Å²) in [4.78, 5) is 11.7. The third-order valence-electron chi connectivity index (χ3n) is 4.42. The van der Waals surface area contributed by atoms with Gasteiger partial charge < -0.3 is 9.67 Å². The van der Waals surface area contributed by atoms with Crippen molar-refractivity contribution in [1.82, 2.24) is 4.57 Å². The fraction of sp³-hybridized carbons (Fsp3) is 0.235. The van der Waals surface area contributed by atoms with Crippen LogP contribution >= 0.6 is 0 Å². The van der Waals surface area contributed by atoms with Crippen molar-refractivity contribution in [1.29, 1.82) is 0 Å². The molecule has 2 atom stereocenters. The monoisotopic (exact) mass is 267 g/mol. The second-order valence-corrected chi connectivity index (χ2v) is 5.44. The first-order valence-electron chi connectivity index (χ1n) is 6.70. The van der Waals surface area contributed by atoms with Gasteiger partial charge in [0.2, 0.25) is 0 Å². The van der Waals surface area contributed by atoms with E-state index in [1.54, 1.807) is 6.08 Å². The van der Waals surface area contributed by atoms with E-state index in [0.717, 1.165) is 16.5 Å². The number of carbonyl (C=O) groups is 1. The van der Waals surface area contributed by atoms with Gasteiger partial charge in [0.15, 0.2) is 0 Å². The van der Waals surface area contributed by atoms with Crippen molar-refractivity contribution in [2.75, 3.05) is 0 Å². The van der Waals surface area contributed by atoms with E-state index < -0.39 is 17.4 Å². The molecule has 3 nitrogen and oxygen atoms in total. The average molecular weight is 267 g/mol. The van der Waals surface area contributed by atoms with Gasteiger partial charge >= 0.3 is 5.97 Å². The van der Waals surface area contributed by atoms with Crippen molar-refractivity contribution in [2.45, 2.75) is 19.4 Å². The Balaban J connectivity index is 2.26. The number of hydrogen-bond donors (Lipinski definition) is 1. The van der Waals surface area contributed by atoms with Crippen molar-refractivity contribution in [2.24, 2.45) is 5.92 Å². The van der Waals surface area contributed by atoms with E-state index in [2.05, 4.69) is 4.57 Å². The largest absolute Gasteiger partial charge is 0.481 e. The zero-order valence-electron chi connectivity index (χ0n) is 11.6. The molecule has 3 heteroatoms. The van der Waals surface area contributed by atoms with E-state index in [0.29, 0.717) is 0 Å². The molecular weight excluding hydrogens is 250 g/mol. The van der Waals surface area contributed by atoms with Gasteiger partial charge in [-0.15, -0.1) is 0 Å². The van der Waals surface area contributed by atoms with Crippen LogP contribution in [0.25, 0.3) is 10.9 Å². The van der Waals surface area contributed by atoms with Gasteiger partial charge in [-0.1, -0.05) is 36.4 Å². The third kappa shape index (κ3) is 1.63. The molecule has 0 radical (unpaired) electrons. The highest BCUT2D eigenvalue weighted by atomic mass is 16.4. The minimum atomic E-state index is -0.797. The van der Waals surface area contributed by atoms with E-state index in [4.69, 9.17) is 0 Å². The van der Waals surface area contributed by atoms with Crippen LogP contribution in [0.15, 0.2) is 60.3 Å². The van der Waals surface area contributed by atoms with Crippen LogP contribution in [-0.4, -0.2) is 15.6 Å². The van der Waals surface area contributed by atoms with E-state index in [-0.39, 0.29) is 0 Å². The number of nitrogens with zero attached hydrogens (tertiary/aromatic N) is 1. The van der Waals surface area contributed by atoms with E-state index in [9.17, 15) is 9.90 Å². The molecule has 2 unspecified atom stereocenters. The summed E-state index contributed by atoms with van der Waals surface area (Å²) in [5.41, 5.74) is 1.53. The maximum Gasteiger partial charge on any atom is 0.313 e. The van der Waals surface area contributed by atoms with Gasteiger partial charge in [0.05, 0.1) is 5.54 Å². The fourth-order valence-electron chi connectivity index (χ4n) is 3.06. The predicted octanol–water partition coefficient (Wildman–Crippen LogP) is 3.57. The normalized spacial score (nSPS) is 25.7. The van der Waals surface area contributed by atoms with Crippen molar-refractivity contribution < 1.29 is 9.90 Å². The molecule has 1 aromatic carbocycles. The molecule has 102 valence electrons.